The lowest BCUT2D eigenvalue weighted by atomic mass is 9.99. The molecule has 96 valence electrons. The van der Waals surface area contributed by atoms with Crippen LogP contribution in [0.25, 0.3) is 10.1 Å². The van der Waals surface area contributed by atoms with Crippen LogP contribution in [-0.2, 0) is 0 Å². The molecule has 1 aromatic heterocycles. The normalized spacial score (nSPS) is 12.8. The highest BCUT2D eigenvalue weighted by Crippen LogP contribution is 2.33. The number of fused-ring (bicyclic) bond motifs is 1. The summed E-state index contributed by atoms with van der Waals surface area (Å²) in [6.45, 7) is 0. The number of thiophene rings is 1. The molecule has 2 aromatic carbocycles. The fourth-order valence-electron chi connectivity index (χ4n) is 2.16. The molecule has 0 saturated carbocycles. The lowest BCUT2D eigenvalue weighted by molar-refractivity contribution is 0.600. The molecule has 1 atom stereocenters. The zero-order valence-electron chi connectivity index (χ0n) is 9.94. The quantitative estimate of drug-likeness (QED) is 0.725. The van der Waals surface area contributed by atoms with E-state index in [4.69, 9.17) is 17.3 Å². The van der Waals surface area contributed by atoms with Crippen molar-refractivity contribution in [2.75, 3.05) is 0 Å². The predicted molar refractivity (Wildman–Crippen MR) is 79.3 cm³/mol. The van der Waals surface area contributed by atoms with Gasteiger partial charge in [0.1, 0.15) is 5.82 Å². The van der Waals surface area contributed by atoms with E-state index in [1.165, 1.54) is 12.1 Å². The first kappa shape index (κ1) is 12.6. The van der Waals surface area contributed by atoms with E-state index in [2.05, 4.69) is 0 Å². The minimum atomic E-state index is -0.505. The number of hydrogen-bond acceptors (Lipinski definition) is 2. The van der Waals surface area contributed by atoms with Gasteiger partial charge in [0, 0.05) is 15.3 Å². The van der Waals surface area contributed by atoms with Gasteiger partial charge >= 0.3 is 0 Å². The summed E-state index contributed by atoms with van der Waals surface area (Å²) in [4.78, 5) is 0. The van der Waals surface area contributed by atoms with Crippen molar-refractivity contribution in [1.29, 1.82) is 0 Å². The maximum atomic E-state index is 13.9. The van der Waals surface area contributed by atoms with Crippen LogP contribution >= 0.6 is 22.9 Å². The molecule has 0 saturated heterocycles. The Morgan fingerprint density at radius 1 is 1.11 bits per heavy atom. The maximum Gasteiger partial charge on any atom is 0.128 e. The molecule has 0 aliphatic carbocycles. The van der Waals surface area contributed by atoms with Crippen LogP contribution in [0.15, 0.2) is 47.8 Å². The lowest BCUT2D eigenvalue weighted by Gasteiger charge is -2.13. The Balaban J connectivity index is 2.13. The second-order valence-corrected chi connectivity index (χ2v) is 5.68. The lowest BCUT2D eigenvalue weighted by Crippen LogP contribution is -2.13. The average molecular weight is 292 g/mol. The summed E-state index contributed by atoms with van der Waals surface area (Å²) in [6.07, 6.45) is 0. The first-order chi connectivity index (χ1) is 9.16. The standard InChI is InChI=1S/C15H11ClFNS/c16-9-5-6-13(17)11(7-9)15(18)12-8-19-14-4-2-1-3-10(12)14/h1-8,15H,18H2. The molecular formula is C15H11ClFNS. The van der Waals surface area contributed by atoms with Gasteiger partial charge in [0.15, 0.2) is 0 Å². The zero-order valence-corrected chi connectivity index (χ0v) is 11.5. The summed E-state index contributed by atoms with van der Waals surface area (Å²) in [6, 6.07) is 11.9. The number of rotatable bonds is 2. The molecule has 0 amide bonds. The molecule has 1 heterocycles. The third-order valence-electron chi connectivity index (χ3n) is 3.14. The molecule has 0 bridgehead atoms. The van der Waals surface area contributed by atoms with E-state index < -0.39 is 6.04 Å². The van der Waals surface area contributed by atoms with Crippen molar-refractivity contribution in [2.45, 2.75) is 6.04 Å². The van der Waals surface area contributed by atoms with Crippen molar-refractivity contribution in [3.63, 3.8) is 0 Å². The molecular weight excluding hydrogens is 281 g/mol. The van der Waals surface area contributed by atoms with Gasteiger partial charge in [-0.3, -0.25) is 0 Å². The molecule has 1 unspecified atom stereocenters. The van der Waals surface area contributed by atoms with Crippen molar-refractivity contribution < 1.29 is 4.39 Å². The fraction of sp³-hybridized carbons (Fsp3) is 0.0667. The Morgan fingerprint density at radius 3 is 2.74 bits per heavy atom. The Kier molecular flexibility index (Phi) is 3.27. The SMILES string of the molecule is NC(c1cc(Cl)ccc1F)c1csc2ccccc12. The van der Waals surface area contributed by atoms with Crippen LogP contribution in [0.3, 0.4) is 0 Å². The zero-order chi connectivity index (χ0) is 13.4. The van der Waals surface area contributed by atoms with E-state index in [0.717, 1.165) is 15.6 Å². The number of benzene rings is 2. The Labute approximate surface area is 119 Å². The molecule has 3 aromatic rings. The molecule has 2 N–H and O–H groups in total. The molecule has 0 fully saturated rings. The molecule has 19 heavy (non-hydrogen) atoms. The highest BCUT2D eigenvalue weighted by Gasteiger charge is 2.17. The largest absolute Gasteiger partial charge is 0.320 e. The van der Waals surface area contributed by atoms with E-state index in [9.17, 15) is 4.39 Å². The first-order valence-electron chi connectivity index (χ1n) is 5.83. The number of halogens is 2. The monoisotopic (exact) mass is 291 g/mol. The topological polar surface area (TPSA) is 26.0 Å². The van der Waals surface area contributed by atoms with Gasteiger partial charge < -0.3 is 5.73 Å². The molecule has 0 aliphatic heterocycles. The molecule has 1 nitrogen and oxygen atoms in total. The van der Waals surface area contributed by atoms with Crippen LogP contribution in [0.4, 0.5) is 4.39 Å². The molecule has 4 heteroatoms. The van der Waals surface area contributed by atoms with Gasteiger partial charge in [-0.25, -0.2) is 4.39 Å². The van der Waals surface area contributed by atoms with Crippen LogP contribution in [0.2, 0.25) is 5.02 Å². The molecule has 0 aliphatic rings. The Morgan fingerprint density at radius 2 is 1.89 bits per heavy atom. The number of hydrogen-bond donors (Lipinski definition) is 1. The van der Waals surface area contributed by atoms with E-state index in [1.54, 1.807) is 17.4 Å². The van der Waals surface area contributed by atoms with Crippen LogP contribution < -0.4 is 5.73 Å². The van der Waals surface area contributed by atoms with Crippen molar-refractivity contribution in [2.24, 2.45) is 5.73 Å². The summed E-state index contributed by atoms with van der Waals surface area (Å²) >= 11 is 7.53. The summed E-state index contributed by atoms with van der Waals surface area (Å²) in [7, 11) is 0. The minimum Gasteiger partial charge on any atom is -0.320 e. The summed E-state index contributed by atoms with van der Waals surface area (Å²) in [5, 5.41) is 3.54. The smallest absolute Gasteiger partial charge is 0.128 e. The van der Waals surface area contributed by atoms with Crippen molar-refractivity contribution in [3.05, 3.63) is 69.8 Å². The predicted octanol–water partition coefficient (Wildman–Crippen LogP) is 4.74. The highest BCUT2D eigenvalue weighted by molar-refractivity contribution is 7.17. The van der Waals surface area contributed by atoms with Gasteiger partial charge in [-0.05, 0) is 40.6 Å². The van der Waals surface area contributed by atoms with E-state index in [-0.39, 0.29) is 5.82 Å². The van der Waals surface area contributed by atoms with Crippen molar-refractivity contribution >= 4 is 33.0 Å². The first-order valence-corrected chi connectivity index (χ1v) is 7.09. The van der Waals surface area contributed by atoms with Gasteiger partial charge in [-0.15, -0.1) is 11.3 Å². The summed E-state index contributed by atoms with van der Waals surface area (Å²) < 4.78 is 15.0. The average Bonchev–Trinajstić information content (AvgIpc) is 2.84. The Bertz CT molecular complexity index is 738. The third-order valence-corrected chi connectivity index (χ3v) is 4.36. The molecule has 0 spiro atoms. The van der Waals surface area contributed by atoms with Gasteiger partial charge in [0.25, 0.3) is 0 Å². The number of nitrogens with two attached hydrogens (primary N) is 1. The fourth-order valence-corrected chi connectivity index (χ4v) is 3.34. The maximum absolute atomic E-state index is 13.9. The Hall–Kier alpha value is -1.42. The molecule has 3 rings (SSSR count). The molecule has 0 radical (unpaired) electrons. The third kappa shape index (κ3) is 2.25. The van der Waals surface area contributed by atoms with Gasteiger partial charge in [-0.2, -0.15) is 0 Å². The minimum absolute atomic E-state index is 0.327. The highest BCUT2D eigenvalue weighted by atomic mass is 35.5. The van der Waals surface area contributed by atoms with E-state index in [1.807, 2.05) is 29.6 Å². The van der Waals surface area contributed by atoms with Gasteiger partial charge in [0.05, 0.1) is 6.04 Å². The van der Waals surface area contributed by atoms with Crippen LogP contribution in [-0.4, -0.2) is 0 Å². The summed E-state index contributed by atoms with van der Waals surface area (Å²) in [5.74, 6) is -0.327. The van der Waals surface area contributed by atoms with Crippen molar-refractivity contribution in [3.8, 4) is 0 Å². The van der Waals surface area contributed by atoms with Crippen LogP contribution in [0, 0.1) is 5.82 Å². The van der Waals surface area contributed by atoms with Crippen molar-refractivity contribution in [1.82, 2.24) is 0 Å². The van der Waals surface area contributed by atoms with Gasteiger partial charge in [0.2, 0.25) is 0 Å². The van der Waals surface area contributed by atoms with Crippen LogP contribution in [0.5, 0.6) is 0 Å². The second kappa shape index (κ2) is 4.93. The van der Waals surface area contributed by atoms with E-state index >= 15 is 0 Å². The summed E-state index contributed by atoms with van der Waals surface area (Å²) in [5.41, 5.74) is 7.56. The van der Waals surface area contributed by atoms with E-state index in [0.29, 0.717) is 10.6 Å². The van der Waals surface area contributed by atoms with Crippen LogP contribution in [0.1, 0.15) is 17.2 Å². The second-order valence-electron chi connectivity index (χ2n) is 4.33. The van der Waals surface area contributed by atoms with Gasteiger partial charge in [-0.1, -0.05) is 29.8 Å².